The van der Waals surface area contributed by atoms with E-state index in [2.05, 4.69) is 10.6 Å². The summed E-state index contributed by atoms with van der Waals surface area (Å²) in [6.07, 6.45) is 2.65. The number of hydrogen-bond acceptors (Lipinski definition) is 4. The molecule has 1 aliphatic heterocycles. The van der Waals surface area contributed by atoms with Crippen molar-refractivity contribution in [3.63, 3.8) is 0 Å². The third-order valence-corrected chi connectivity index (χ3v) is 7.54. The molecule has 0 spiro atoms. The average Bonchev–Trinajstić information content (AvgIpc) is 2.77. The van der Waals surface area contributed by atoms with E-state index in [-0.39, 0.29) is 23.0 Å². The highest BCUT2D eigenvalue weighted by Crippen LogP contribution is 2.27. The molecule has 9 heteroatoms. The van der Waals surface area contributed by atoms with Crippen LogP contribution in [0.1, 0.15) is 36.8 Å². The molecule has 32 heavy (non-hydrogen) atoms. The van der Waals surface area contributed by atoms with Crippen LogP contribution < -0.4 is 10.6 Å². The van der Waals surface area contributed by atoms with Crippen molar-refractivity contribution in [2.45, 2.75) is 50.5 Å². The lowest BCUT2D eigenvalue weighted by atomic mass is 10.0. The fraction of sp³-hybridized carbons (Fsp3) is 0.391. The maximum absolute atomic E-state index is 13.6. The summed E-state index contributed by atoms with van der Waals surface area (Å²) in [4.78, 5) is 24.3. The quantitative estimate of drug-likeness (QED) is 0.646. The largest absolute Gasteiger partial charge is 0.348 e. The van der Waals surface area contributed by atoms with E-state index in [4.69, 9.17) is 0 Å². The Morgan fingerprint density at radius 2 is 1.78 bits per heavy atom. The normalized spacial score (nSPS) is 17.0. The zero-order valence-corrected chi connectivity index (χ0v) is 19.0. The maximum atomic E-state index is 13.6. The summed E-state index contributed by atoms with van der Waals surface area (Å²) in [6, 6.07) is 10.6. The number of hydrogen-bond donors (Lipinski definition) is 2. The summed E-state index contributed by atoms with van der Waals surface area (Å²) in [5.41, 5.74) is 1.83. The Kier molecular flexibility index (Phi) is 7.63. The third-order valence-electron chi connectivity index (χ3n) is 5.59. The summed E-state index contributed by atoms with van der Waals surface area (Å²) in [7, 11) is -3.79. The van der Waals surface area contributed by atoms with Crippen LogP contribution in [0.25, 0.3) is 0 Å². The van der Waals surface area contributed by atoms with Crippen LogP contribution in [-0.2, 0) is 19.6 Å². The topological polar surface area (TPSA) is 95.6 Å². The molecule has 3 rings (SSSR count). The highest BCUT2D eigenvalue weighted by Gasteiger charge is 2.33. The number of piperidine rings is 1. The molecular formula is C23H28FN3O4S. The fourth-order valence-electron chi connectivity index (χ4n) is 3.75. The van der Waals surface area contributed by atoms with Gasteiger partial charge in [0.2, 0.25) is 10.0 Å². The molecule has 2 amide bonds. The van der Waals surface area contributed by atoms with Crippen LogP contribution in [0.2, 0.25) is 0 Å². The van der Waals surface area contributed by atoms with Crippen molar-refractivity contribution in [1.29, 1.82) is 0 Å². The van der Waals surface area contributed by atoms with Gasteiger partial charge in [0.1, 0.15) is 5.82 Å². The van der Waals surface area contributed by atoms with Crippen LogP contribution >= 0.6 is 0 Å². The van der Waals surface area contributed by atoms with E-state index < -0.39 is 27.7 Å². The summed E-state index contributed by atoms with van der Waals surface area (Å²) < 4.78 is 41.3. The number of carbonyl (C=O) groups excluding carboxylic acids is 2. The van der Waals surface area contributed by atoms with Crippen molar-refractivity contribution in [2.24, 2.45) is 0 Å². The Hall–Kier alpha value is -2.78. The number of nitrogens with one attached hydrogen (secondary N) is 2. The van der Waals surface area contributed by atoms with Gasteiger partial charge in [-0.05, 0) is 69.0 Å². The second-order valence-electron chi connectivity index (χ2n) is 8.04. The van der Waals surface area contributed by atoms with Crippen molar-refractivity contribution < 1.29 is 22.4 Å². The first kappa shape index (κ1) is 23.9. The van der Waals surface area contributed by atoms with Gasteiger partial charge in [-0.1, -0.05) is 24.1 Å². The Morgan fingerprint density at radius 3 is 2.47 bits per heavy atom. The van der Waals surface area contributed by atoms with Gasteiger partial charge in [0, 0.05) is 24.8 Å². The van der Waals surface area contributed by atoms with Crippen molar-refractivity contribution in [1.82, 2.24) is 9.62 Å². The highest BCUT2D eigenvalue weighted by atomic mass is 32.2. The Labute approximate surface area is 188 Å². The first-order valence-corrected chi connectivity index (χ1v) is 12.1. The number of amides is 2. The van der Waals surface area contributed by atoms with E-state index in [1.54, 1.807) is 12.1 Å². The van der Waals surface area contributed by atoms with E-state index in [9.17, 15) is 22.4 Å². The van der Waals surface area contributed by atoms with Crippen LogP contribution in [0.5, 0.6) is 0 Å². The van der Waals surface area contributed by atoms with Gasteiger partial charge in [0.05, 0.1) is 4.90 Å². The lowest BCUT2D eigenvalue weighted by Gasteiger charge is -2.34. The fourth-order valence-corrected chi connectivity index (χ4v) is 5.56. The van der Waals surface area contributed by atoms with Crippen LogP contribution in [-0.4, -0.2) is 43.7 Å². The smallest absolute Gasteiger partial charge is 0.313 e. The van der Waals surface area contributed by atoms with Crippen molar-refractivity contribution in [2.75, 3.05) is 18.4 Å². The maximum Gasteiger partial charge on any atom is 0.313 e. The predicted molar refractivity (Wildman–Crippen MR) is 120 cm³/mol. The molecule has 2 aromatic rings. The number of halogens is 1. The minimum Gasteiger partial charge on any atom is -0.348 e. The van der Waals surface area contributed by atoms with E-state index in [0.29, 0.717) is 25.1 Å². The van der Waals surface area contributed by atoms with Crippen LogP contribution in [0, 0.1) is 19.7 Å². The van der Waals surface area contributed by atoms with Crippen molar-refractivity contribution in [3.05, 3.63) is 59.4 Å². The van der Waals surface area contributed by atoms with E-state index in [1.165, 1.54) is 23.4 Å². The molecule has 2 aromatic carbocycles. The third kappa shape index (κ3) is 5.72. The van der Waals surface area contributed by atoms with E-state index in [0.717, 1.165) is 24.5 Å². The molecular weight excluding hydrogens is 433 g/mol. The molecule has 0 saturated carbocycles. The van der Waals surface area contributed by atoms with Gasteiger partial charge in [-0.3, -0.25) is 9.59 Å². The number of anilines is 1. The first-order valence-electron chi connectivity index (χ1n) is 10.6. The lowest BCUT2D eigenvalue weighted by molar-refractivity contribution is -0.136. The monoisotopic (exact) mass is 461 g/mol. The van der Waals surface area contributed by atoms with Crippen LogP contribution in [0.3, 0.4) is 0 Å². The number of benzene rings is 2. The Morgan fingerprint density at radius 1 is 1.06 bits per heavy atom. The van der Waals surface area contributed by atoms with Crippen LogP contribution in [0.15, 0.2) is 47.4 Å². The molecule has 172 valence electrons. The highest BCUT2D eigenvalue weighted by molar-refractivity contribution is 7.89. The number of sulfonamides is 1. The van der Waals surface area contributed by atoms with Gasteiger partial charge in [-0.15, -0.1) is 0 Å². The standard InChI is InChI=1S/C23H28FN3O4S/c1-16-6-8-18(9-7-16)26-23(29)22(28)25-13-12-19-5-3-4-14-27(19)32(30,31)20-10-11-21(24)17(2)15-20/h6-11,15,19H,3-5,12-14H2,1-2H3,(H,25,28)(H,26,29)/t19-/m1/s1. The molecule has 1 atom stereocenters. The first-order chi connectivity index (χ1) is 15.2. The predicted octanol–water partition coefficient (Wildman–Crippen LogP) is 3.13. The summed E-state index contributed by atoms with van der Waals surface area (Å²) in [5, 5.41) is 5.10. The minimum atomic E-state index is -3.79. The van der Waals surface area contributed by atoms with Gasteiger partial charge < -0.3 is 10.6 Å². The number of rotatable bonds is 6. The summed E-state index contributed by atoms with van der Waals surface area (Å²) in [6.45, 7) is 3.98. The molecule has 0 unspecified atom stereocenters. The van der Waals surface area contributed by atoms with Gasteiger partial charge in [-0.25, -0.2) is 12.8 Å². The minimum absolute atomic E-state index is 0.0600. The lowest BCUT2D eigenvalue weighted by Crippen LogP contribution is -2.45. The van der Waals surface area contributed by atoms with Crippen molar-refractivity contribution in [3.8, 4) is 0 Å². The molecule has 7 nitrogen and oxygen atoms in total. The zero-order valence-electron chi connectivity index (χ0n) is 18.2. The number of nitrogens with zero attached hydrogens (tertiary/aromatic N) is 1. The Balaban J connectivity index is 1.59. The molecule has 1 heterocycles. The molecule has 1 fully saturated rings. The summed E-state index contributed by atoms with van der Waals surface area (Å²) in [5.74, 6) is -2.00. The molecule has 0 aromatic heterocycles. The van der Waals surface area contributed by atoms with Crippen LogP contribution in [0.4, 0.5) is 10.1 Å². The molecule has 1 aliphatic rings. The van der Waals surface area contributed by atoms with E-state index in [1.807, 2.05) is 19.1 Å². The second kappa shape index (κ2) is 10.2. The average molecular weight is 462 g/mol. The van der Waals surface area contributed by atoms with Gasteiger partial charge >= 0.3 is 11.8 Å². The van der Waals surface area contributed by atoms with E-state index >= 15 is 0 Å². The van der Waals surface area contributed by atoms with Gasteiger partial charge in [0.25, 0.3) is 0 Å². The zero-order chi connectivity index (χ0) is 23.3. The number of aryl methyl sites for hydroxylation is 2. The molecule has 2 N–H and O–H groups in total. The molecule has 0 radical (unpaired) electrons. The second-order valence-corrected chi connectivity index (χ2v) is 9.93. The van der Waals surface area contributed by atoms with Gasteiger partial charge in [0.15, 0.2) is 0 Å². The Bertz CT molecular complexity index is 1090. The number of carbonyl (C=O) groups is 2. The molecule has 0 bridgehead atoms. The molecule has 0 aliphatic carbocycles. The van der Waals surface area contributed by atoms with Crippen molar-refractivity contribution >= 4 is 27.5 Å². The molecule has 1 saturated heterocycles. The summed E-state index contributed by atoms with van der Waals surface area (Å²) >= 11 is 0. The van der Waals surface area contributed by atoms with Gasteiger partial charge in [-0.2, -0.15) is 4.31 Å². The SMILES string of the molecule is Cc1ccc(NC(=O)C(=O)NCC[C@H]2CCCCN2S(=O)(=O)c2ccc(F)c(C)c2)cc1.